The van der Waals surface area contributed by atoms with Crippen LogP contribution in [0.5, 0.6) is 0 Å². The van der Waals surface area contributed by atoms with Gasteiger partial charge in [-0.3, -0.25) is 4.79 Å². The third-order valence-corrected chi connectivity index (χ3v) is 4.00. The number of thioether (sulfide) groups is 1. The summed E-state index contributed by atoms with van der Waals surface area (Å²) in [5, 5.41) is 6.29. The summed E-state index contributed by atoms with van der Waals surface area (Å²) in [6, 6.07) is 7.88. The number of hydrogen-bond donors (Lipinski definition) is 2. The highest BCUT2D eigenvalue weighted by atomic mass is 32.2. The van der Waals surface area contributed by atoms with E-state index in [1.165, 1.54) is 6.92 Å². The zero-order valence-electron chi connectivity index (χ0n) is 11.5. The predicted octanol–water partition coefficient (Wildman–Crippen LogP) is 2.88. The normalized spacial score (nSPS) is 11.3. The van der Waals surface area contributed by atoms with Gasteiger partial charge in [0.15, 0.2) is 0 Å². The van der Waals surface area contributed by atoms with Crippen molar-refractivity contribution in [2.45, 2.75) is 32.1 Å². The average molecular weight is 266 g/mol. The smallest absolute Gasteiger partial charge is 0.221 e. The molecule has 0 aliphatic rings. The molecule has 0 unspecified atom stereocenters. The number of anilines is 1. The summed E-state index contributed by atoms with van der Waals surface area (Å²) in [4.78, 5) is 11.1. The molecule has 0 heterocycles. The monoisotopic (exact) mass is 266 g/mol. The Kier molecular flexibility index (Phi) is 5.69. The van der Waals surface area contributed by atoms with Crippen molar-refractivity contribution in [2.75, 3.05) is 18.1 Å². The summed E-state index contributed by atoms with van der Waals surface area (Å²) in [6.07, 6.45) is 2.12. The van der Waals surface area contributed by atoms with Crippen LogP contribution in [-0.2, 0) is 11.3 Å². The number of hydrogen-bond acceptors (Lipinski definition) is 3. The maximum atomic E-state index is 11.1. The molecule has 0 saturated carbocycles. The van der Waals surface area contributed by atoms with Gasteiger partial charge in [0.05, 0.1) is 0 Å². The van der Waals surface area contributed by atoms with Crippen LogP contribution >= 0.6 is 11.8 Å². The summed E-state index contributed by atoms with van der Waals surface area (Å²) in [5.41, 5.74) is 2.00. The Bertz CT molecular complexity index is 405. The minimum atomic E-state index is -0.0353. The SMILES string of the molecule is CSC(C)(C)CNCc1ccccc1NC(C)=O. The topological polar surface area (TPSA) is 41.1 Å². The number of carbonyl (C=O) groups excluding carboxylic acids is 1. The van der Waals surface area contributed by atoms with Crippen molar-refractivity contribution in [1.82, 2.24) is 5.32 Å². The van der Waals surface area contributed by atoms with Crippen molar-refractivity contribution >= 4 is 23.4 Å². The Morgan fingerprint density at radius 3 is 2.61 bits per heavy atom. The number of carbonyl (C=O) groups is 1. The van der Waals surface area contributed by atoms with E-state index in [9.17, 15) is 4.79 Å². The molecule has 2 N–H and O–H groups in total. The molecule has 0 fully saturated rings. The lowest BCUT2D eigenvalue weighted by molar-refractivity contribution is -0.114. The fraction of sp³-hybridized carbons (Fsp3) is 0.500. The lowest BCUT2D eigenvalue weighted by Gasteiger charge is -2.22. The number of para-hydroxylation sites is 1. The quantitative estimate of drug-likeness (QED) is 0.832. The molecule has 1 aromatic carbocycles. The van der Waals surface area contributed by atoms with Crippen LogP contribution < -0.4 is 10.6 Å². The van der Waals surface area contributed by atoms with E-state index in [0.717, 1.165) is 24.3 Å². The van der Waals surface area contributed by atoms with E-state index in [0.29, 0.717) is 0 Å². The number of benzene rings is 1. The molecular weight excluding hydrogens is 244 g/mol. The Labute approximate surface area is 114 Å². The highest BCUT2D eigenvalue weighted by Crippen LogP contribution is 2.20. The molecule has 0 aliphatic heterocycles. The Morgan fingerprint density at radius 1 is 1.33 bits per heavy atom. The van der Waals surface area contributed by atoms with Crippen LogP contribution in [0, 0.1) is 0 Å². The molecular formula is C14H22N2OS. The summed E-state index contributed by atoms with van der Waals surface area (Å²) in [7, 11) is 0. The van der Waals surface area contributed by atoms with Gasteiger partial charge in [0, 0.05) is 30.4 Å². The molecule has 0 aliphatic carbocycles. The zero-order valence-corrected chi connectivity index (χ0v) is 12.4. The molecule has 100 valence electrons. The van der Waals surface area contributed by atoms with Crippen molar-refractivity contribution in [2.24, 2.45) is 0 Å². The first kappa shape index (κ1) is 15.1. The Morgan fingerprint density at radius 2 is 2.00 bits per heavy atom. The van der Waals surface area contributed by atoms with E-state index >= 15 is 0 Å². The lowest BCUT2D eigenvalue weighted by atomic mass is 10.1. The molecule has 0 aromatic heterocycles. The highest BCUT2D eigenvalue weighted by molar-refractivity contribution is 7.99. The van der Waals surface area contributed by atoms with Crippen molar-refractivity contribution < 1.29 is 4.79 Å². The third-order valence-electron chi connectivity index (χ3n) is 2.75. The second-order valence-corrected chi connectivity index (χ2v) is 6.42. The largest absolute Gasteiger partial charge is 0.326 e. The molecule has 1 aromatic rings. The minimum Gasteiger partial charge on any atom is -0.326 e. The van der Waals surface area contributed by atoms with Gasteiger partial charge in [-0.1, -0.05) is 18.2 Å². The fourth-order valence-corrected chi connectivity index (χ4v) is 1.80. The maximum Gasteiger partial charge on any atom is 0.221 e. The van der Waals surface area contributed by atoms with E-state index in [2.05, 4.69) is 30.7 Å². The van der Waals surface area contributed by atoms with Crippen molar-refractivity contribution in [3.05, 3.63) is 29.8 Å². The van der Waals surface area contributed by atoms with Crippen LogP contribution in [0.2, 0.25) is 0 Å². The molecule has 0 atom stereocenters. The van der Waals surface area contributed by atoms with E-state index in [4.69, 9.17) is 0 Å². The van der Waals surface area contributed by atoms with Crippen LogP contribution in [0.1, 0.15) is 26.3 Å². The van der Waals surface area contributed by atoms with Crippen molar-refractivity contribution in [1.29, 1.82) is 0 Å². The van der Waals surface area contributed by atoms with E-state index in [1.807, 2.05) is 36.0 Å². The van der Waals surface area contributed by atoms with Crippen molar-refractivity contribution in [3.63, 3.8) is 0 Å². The van der Waals surface area contributed by atoms with Crippen LogP contribution in [-0.4, -0.2) is 23.5 Å². The predicted molar refractivity (Wildman–Crippen MR) is 80.0 cm³/mol. The standard InChI is InChI=1S/C14H22N2OS/c1-11(17)16-13-8-6-5-7-12(13)9-15-10-14(2,3)18-4/h5-8,15H,9-10H2,1-4H3,(H,16,17). The molecule has 0 bridgehead atoms. The van der Waals surface area contributed by atoms with Gasteiger partial charge >= 0.3 is 0 Å². The number of amides is 1. The summed E-state index contributed by atoms with van der Waals surface area (Å²) in [5.74, 6) is -0.0353. The second-order valence-electron chi connectivity index (χ2n) is 4.91. The first-order valence-corrected chi connectivity index (χ1v) is 7.28. The lowest BCUT2D eigenvalue weighted by Crippen LogP contribution is -2.31. The van der Waals surface area contributed by atoms with Gasteiger partial charge in [0.25, 0.3) is 0 Å². The molecule has 4 heteroatoms. The van der Waals surface area contributed by atoms with Crippen LogP contribution in [0.4, 0.5) is 5.69 Å². The summed E-state index contributed by atoms with van der Waals surface area (Å²) < 4.78 is 0.225. The Hall–Kier alpha value is -1.00. The Balaban J connectivity index is 2.59. The van der Waals surface area contributed by atoms with E-state index in [-0.39, 0.29) is 10.7 Å². The maximum absolute atomic E-state index is 11.1. The van der Waals surface area contributed by atoms with E-state index in [1.54, 1.807) is 0 Å². The number of nitrogens with one attached hydrogen (secondary N) is 2. The zero-order chi connectivity index (χ0) is 13.6. The molecule has 1 amide bonds. The van der Waals surface area contributed by atoms with Gasteiger partial charge in [-0.15, -0.1) is 0 Å². The molecule has 18 heavy (non-hydrogen) atoms. The average Bonchev–Trinajstić information content (AvgIpc) is 2.30. The molecule has 3 nitrogen and oxygen atoms in total. The van der Waals surface area contributed by atoms with Crippen molar-refractivity contribution in [3.8, 4) is 0 Å². The number of rotatable bonds is 6. The highest BCUT2D eigenvalue weighted by Gasteiger charge is 2.15. The van der Waals surface area contributed by atoms with Gasteiger partial charge in [0.2, 0.25) is 5.91 Å². The first-order chi connectivity index (χ1) is 8.44. The molecule has 0 saturated heterocycles. The van der Waals surface area contributed by atoms with Crippen LogP contribution in [0.15, 0.2) is 24.3 Å². The minimum absolute atomic E-state index is 0.0353. The summed E-state index contributed by atoms with van der Waals surface area (Å²) >= 11 is 1.84. The van der Waals surface area contributed by atoms with Crippen LogP contribution in [0.25, 0.3) is 0 Å². The van der Waals surface area contributed by atoms with Gasteiger partial charge in [-0.05, 0) is 31.7 Å². The van der Waals surface area contributed by atoms with Gasteiger partial charge in [-0.2, -0.15) is 11.8 Å². The van der Waals surface area contributed by atoms with Crippen LogP contribution in [0.3, 0.4) is 0 Å². The first-order valence-electron chi connectivity index (χ1n) is 6.06. The third kappa shape index (κ3) is 5.10. The van der Waals surface area contributed by atoms with Gasteiger partial charge < -0.3 is 10.6 Å². The molecule has 0 spiro atoms. The molecule has 1 rings (SSSR count). The fourth-order valence-electron chi connectivity index (χ4n) is 1.56. The van der Waals surface area contributed by atoms with Gasteiger partial charge in [0.1, 0.15) is 0 Å². The van der Waals surface area contributed by atoms with E-state index < -0.39 is 0 Å². The summed E-state index contributed by atoms with van der Waals surface area (Å²) in [6.45, 7) is 7.65. The second kappa shape index (κ2) is 6.81. The van der Waals surface area contributed by atoms with Gasteiger partial charge in [-0.25, -0.2) is 0 Å². The molecule has 0 radical (unpaired) electrons.